The van der Waals surface area contributed by atoms with Crippen molar-refractivity contribution in [3.8, 4) is 6.07 Å². The zero-order chi connectivity index (χ0) is 14.7. The van der Waals surface area contributed by atoms with Gasteiger partial charge in [0.15, 0.2) is 12.4 Å². The Bertz CT molecular complexity index is 616. The maximum Gasteiger partial charge on any atom is 0.315 e. The summed E-state index contributed by atoms with van der Waals surface area (Å²) in [5.41, 5.74) is 1.06. The van der Waals surface area contributed by atoms with Crippen LogP contribution in [0.5, 0.6) is 0 Å². The van der Waals surface area contributed by atoms with Gasteiger partial charge in [-0.2, -0.15) is 5.26 Å². The smallest absolute Gasteiger partial charge is 0.315 e. The zero-order valence-electron chi connectivity index (χ0n) is 10.9. The number of nitrogens with zero attached hydrogens (tertiary/aromatic N) is 1. The van der Waals surface area contributed by atoms with Crippen molar-refractivity contribution in [1.29, 1.82) is 5.26 Å². The predicted octanol–water partition coefficient (Wildman–Crippen LogP) is 0.784. The Labute approximate surface area is 116 Å². The van der Waals surface area contributed by atoms with E-state index in [2.05, 4.69) is 16.9 Å². The molecule has 0 radical (unpaired) electrons. The van der Waals surface area contributed by atoms with Gasteiger partial charge < -0.3 is 15.2 Å². The molecule has 0 bridgehead atoms. The molecule has 1 aromatic heterocycles. The fourth-order valence-corrected chi connectivity index (χ4v) is 2.30. The van der Waals surface area contributed by atoms with E-state index in [4.69, 9.17) is 4.74 Å². The Morgan fingerprint density at radius 3 is 2.95 bits per heavy atom. The van der Waals surface area contributed by atoms with Crippen molar-refractivity contribution in [2.45, 2.75) is 5.92 Å². The second-order valence-electron chi connectivity index (χ2n) is 4.34. The monoisotopic (exact) mass is 272 g/mol. The maximum absolute atomic E-state index is 12.0. The molecule has 6 heteroatoms. The molecule has 0 aliphatic carbocycles. The number of aromatic amines is 1. The standard InChI is InChI=1S/C14H13N3O3/c1-8-11(14(19)20-2)12(9-4-3-5-16-7-9)10(6-15)13(18)17-8/h3-5,7,11-12,17-18H,1H2,2H3/p+1. The summed E-state index contributed by atoms with van der Waals surface area (Å²) in [7, 11) is 1.27. The third kappa shape index (κ3) is 2.21. The van der Waals surface area contributed by atoms with Crippen LogP contribution in [0.3, 0.4) is 0 Å². The highest BCUT2D eigenvalue weighted by Crippen LogP contribution is 2.39. The third-order valence-corrected chi connectivity index (χ3v) is 3.22. The molecular weight excluding hydrogens is 258 g/mol. The molecule has 6 nitrogen and oxygen atoms in total. The Morgan fingerprint density at radius 2 is 2.40 bits per heavy atom. The lowest BCUT2D eigenvalue weighted by atomic mass is 9.78. The Hall–Kier alpha value is -2.81. The number of hydrogen-bond acceptors (Lipinski definition) is 5. The van der Waals surface area contributed by atoms with E-state index in [0.717, 1.165) is 0 Å². The average molecular weight is 272 g/mol. The van der Waals surface area contributed by atoms with Crippen LogP contribution in [0.1, 0.15) is 11.5 Å². The average Bonchev–Trinajstić information content (AvgIpc) is 2.46. The number of aliphatic hydroxyl groups is 1. The quantitative estimate of drug-likeness (QED) is 0.776. The highest BCUT2D eigenvalue weighted by atomic mass is 16.5. The number of aromatic nitrogens is 1. The second-order valence-corrected chi connectivity index (χ2v) is 4.34. The van der Waals surface area contributed by atoms with Gasteiger partial charge in [-0.15, -0.1) is 0 Å². The fraction of sp³-hybridized carbons (Fsp3) is 0.214. The molecule has 0 saturated carbocycles. The van der Waals surface area contributed by atoms with Crippen molar-refractivity contribution in [2.75, 3.05) is 7.11 Å². The predicted molar refractivity (Wildman–Crippen MR) is 68.8 cm³/mol. The van der Waals surface area contributed by atoms with E-state index in [9.17, 15) is 15.2 Å². The number of rotatable bonds is 2. The Kier molecular flexibility index (Phi) is 3.71. The molecule has 20 heavy (non-hydrogen) atoms. The SMILES string of the molecule is C=C1NC(O)=C(C#N)C(c2ccc[nH+]c2)C1C(=O)OC. The van der Waals surface area contributed by atoms with Crippen LogP contribution in [0.2, 0.25) is 0 Å². The van der Waals surface area contributed by atoms with Gasteiger partial charge in [-0.05, 0) is 6.07 Å². The summed E-state index contributed by atoms with van der Waals surface area (Å²) in [5.74, 6) is -2.22. The van der Waals surface area contributed by atoms with Gasteiger partial charge in [0.2, 0.25) is 5.88 Å². The molecule has 0 aromatic carbocycles. The van der Waals surface area contributed by atoms with E-state index in [1.165, 1.54) is 7.11 Å². The van der Waals surface area contributed by atoms with Gasteiger partial charge in [0.1, 0.15) is 12.0 Å². The van der Waals surface area contributed by atoms with E-state index >= 15 is 0 Å². The lowest BCUT2D eigenvalue weighted by Gasteiger charge is -2.31. The molecule has 2 atom stereocenters. The van der Waals surface area contributed by atoms with Crippen molar-refractivity contribution in [3.63, 3.8) is 0 Å². The highest BCUT2D eigenvalue weighted by molar-refractivity contribution is 5.78. The van der Waals surface area contributed by atoms with Crippen LogP contribution in [0.4, 0.5) is 0 Å². The van der Waals surface area contributed by atoms with Crippen molar-refractivity contribution in [3.05, 3.63) is 53.8 Å². The molecule has 3 N–H and O–H groups in total. The summed E-state index contributed by atoms with van der Waals surface area (Å²) in [6, 6.07) is 5.45. The fourth-order valence-electron chi connectivity index (χ4n) is 2.30. The van der Waals surface area contributed by atoms with Crippen molar-refractivity contribution < 1.29 is 19.6 Å². The molecule has 0 fully saturated rings. The lowest BCUT2D eigenvalue weighted by molar-refractivity contribution is -0.378. The van der Waals surface area contributed by atoms with Gasteiger partial charge >= 0.3 is 5.97 Å². The number of aliphatic hydroxyl groups excluding tert-OH is 1. The number of pyridine rings is 1. The summed E-state index contributed by atoms with van der Waals surface area (Å²) >= 11 is 0. The van der Waals surface area contributed by atoms with E-state index in [1.807, 2.05) is 6.07 Å². The number of allylic oxidation sites excluding steroid dienone is 1. The van der Waals surface area contributed by atoms with Crippen LogP contribution < -0.4 is 10.3 Å². The van der Waals surface area contributed by atoms with E-state index in [1.54, 1.807) is 24.5 Å². The Balaban J connectivity index is 2.59. The van der Waals surface area contributed by atoms with E-state index in [-0.39, 0.29) is 11.5 Å². The van der Waals surface area contributed by atoms with Gasteiger partial charge in [0, 0.05) is 23.2 Å². The molecule has 0 amide bonds. The minimum absolute atomic E-state index is 0.0763. The van der Waals surface area contributed by atoms with Gasteiger partial charge in [-0.3, -0.25) is 4.79 Å². The number of esters is 1. The third-order valence-electron chi connectivity index (χ3n) is 3.22. The van der Waals surface area contributed by atoms with Crippen LogP contribution in [-0.2, 0) is 9.53 Å². The summed E-state index contributed by atoms with van der Waals surface area (Å²) in [4.78, 5) is 14.9. The van der Waals surface area contributed by atoms with E-state index in [0.29, 0.717) is 11.3 Å². The maximum atomic E-state index is 12.0. The van der Waals surface area contributed by atoms with Crippen LogP contribution >= 0.6 is 0 Å². The topological polar surface area (TPSA) is 96.5 Å². The zero-order valence-corrected chi connectivity index (χ0v) is 10.9. The molecule has 1 aliphatic heterocycles. The summed E-state index contributed by atoms with van der Waals surface area (Å²) in [5, 5.41) is 21.7. The molecule has 1 aromatic rings. The minimum Gasteiger partial charge on any atom is -0.494 e. The second kappa shape index (κ2) is 5.45. The van der Waals surface area contributed by atoms with Crippen molar-refractivity contribution in [2.24, 2.45) is 5.92 Å². The van der Waals surface area contributed by atoms with Crippen LogP contribution in [0.15, 0.2) is 48.3 Å². The number of nitriles is 1. The van der Waals surface area contributed by atoms with Gasteiger partial charge in [-0.25, -0.2) is 4.98 Å². The van der Waals surface area contributed by atoms with Gasteiger partial charge in [0.05, 0.1) is 12.7 Å². The largest absolute Gasteiger partial charge is 0.494 e. The number of nitrogens with one attached hydrogen (secondary N) is 2. The summed E-state index contributed by atoms with van der Waals surface area (Å²) < 4.78 is 4.78. The highest BCUT2D eigenvalue weighted by Gasteiger charge is 2.41. The summed E-state index contributed by atoms with van der Waals surface area (Å²) in [6.07, 6.45) is 3.38. The number of carbonyl (C=O) groups excluding carboxylic acids is 1. The molecule has 2 unspecified atom stereocenters. The number of methoxy groups -OCH3 is 1. The molecule has 0 spiro atoms. The number of hydrogen-bond donors (Lipinski definition) is 2. The number of carbonyl (C=O) groups is 1. The molecule has 102 valence electrons. The lowest BCUT2D eigenvalue weighted by Crippen LogP contribution is -2.37. The van der Waals surface area contributed by atoms with Crippen LogP contribution in [-0.4, -0.2) is 18.2 Å². The van der Waals surface area contributed by atoms with E-state index < -0.39 is 17.8 Å². The number of H-pyrrole nitrogens is 1. The van der Waals surface area contributed by atoms with Gasteiger partial charge in [-0.1, -0.05) is 6.58 Å². The van der Waals surface area contributed by atoms with Crippen molar-refractivity contribution in [1.82, 2.24) is 5.32 Å². The first-order valence-electron chi connectivity index (χ1n) is 5.93. The van der Waals surface area contributed by atoms with Crippen LogP contribution in [0, 0.1) is 17.2 Å². The first-order valence-corrected chi connectivity index (χ1v) is 5.93. The normalized spacial score (nSPS) is 21.9. The number of ether oxygens (including phenoxy) is 1. The van der Waals surface area contributed by atoms with Crippen LogP contribution in [0.25, 0.3) is 0 Å². The Morgan fingerprint density at radius 1 is 1.65 bits per heavy atom. The molecule has 0 saturated heterocycles. The van der Waals surface area contributed by atoms with Crippen molar-refractivity contribution >= 4 is 5.97 Å². The molecular formula is C14H14N3O3+. The first-order chi connectivity index (χ1) is 9.60. The summed E-state index contributed by atoms with van der Waals surface area (Å²) in [6.45, 7) is 3.73. The first kappa shape index (κ1) is 13.6. The molecule has 2 heterocycles. The molecule has 1 aliphatic rings. The molecule has 2 rings (SSSR count). The minimum atomic E-state index is -0.777. The van der Waals surface area contributed by atoms with Gasteiger partial charge in [0.25, 0.3) is 0 Å².